The van der Waals surface area contributed by atoms with Crippen molar-refractivity contribution in [2.45, 2.75) is 27.2 Å². The Bertz CT molecular complexity index is 1700. The number of amides is 3. The minimum atomic E-state index is -0.514. The van der Waals surface area contributed by atoms with E-state index in [2.05, 4.69) is 11.4 Å². The van der Waals surface area contributed by atoms with Gasteiger partial charge in [0, 0.05) is 29.8 Å². The first-order valence-corrected chi connectivity index (χ1v) is 14.2. The topological polar surface area (TPSA) is 96.0 Å². The summed E-state index contributed by atoms with van der Waals surface area (Å²) < 4.78 is 5.05. The highest BCUT2D eigenvalue weighted by atomic mass is 16.5. The van der Waals surface area contributed by atoms with Crippen molar-refractivity contribution >= 4 is 40.8 Å². The summed E-state index contributed by atoms with van der Waals surface area (Å²) in [4.78, 5) is 55.1. The molecule has 0 bridgehead atoms. The number of aryl methyl sites for hydroxylation is 2. The second kappa shape index (κ2) is 12.7. The van der Waals surface area contributed by atoms with Gasteiger partial charge in [-0.2, -0.15) is 0 Å². The highest BCUT2D eigenvalue weighted by Crippen LogP contribution is 2.34. The summed E-state index contributed by atoms with van der Waals surface area (Å²) in [5.74, 6) is -1.33. The van der Waals surface area contributed by atoms with E-state index < -0.39 is 5.97 Å². The Morgan fingerprint density at radius 2 is 1.53 bits per heavy atom. The van der Waals surface area contributed by atoms with Gasteiger partial charge in [-0.15, -0.1) is 0 Å². The van der Waals surface area contributed by atoms with Crippen molar-refractivity contribution in [1.29, 1.82) is 0 Å². The summed E-state index contributed by atoms with van der Waals surface area (Å²) in [6.07, 6.45) is 0.0494. The smallest absolute Gasteiger partial charge is 0.326 e. The molecule has 5 rings (SSSR count). The summed E-state index contributed by atoms with van der Waals surface area (Å²) in [6.45, 7) is 5.91. The first kappa shape index (κ1) is 29.3. The van der Waals surface area contributed by atoms with E-state index in [9.17, 15) is 19.2 Å². The van der Waals surface area contributed by atoms with Gasteiger partial charge in [-0.05, 0) is 79.9 Å². The molecular formula is C35H33N3O5. The Morgan fingerprint density at radius 3 is 2.26 bits per heavy atom. The van der Waals surface area contributed by atoms with Crippen LogP contribution in [0.1, 0.15) is 45.2 Å². The van der Waals surface area contributed by atoms with Crippen LogP contribution in [0.25, 0.3) is 11.1 Å². The molecule has 0 spiro atoms. The number of ether oxygens (including phenoxy) is 1. The molecule has 1 N–H and O–H groups in total. The lowest BCUT2D eigenvalue weighted by Crippen LogP contribution is -2.36. The molecule has 0 saturated heterocycles. The van der Waals surface area contributed by atoms with Crippen LogP contribution < -0.4 is 15.1 Å². The van der Waals surface area contributed by atoms with Crippen LogP contribution in [0.5, 0.6) is 0 Å². The molecule has 0 unspecified atom stereocenters. The van der Waals surface area contributed by atoms with Gasteiger partial charge >= 0.3 is 5.97 Å². The van der Waals surface area contributed by atoms with Crippen LogP contribution in [0.2, 0.25) is 0 Å². The van der Waals surface area contributed by atoms with Crippen molar-refractivity contribution in [3.63, 3.8) is 0 Å². The van der Waals surface area contributed by atoms with Crippen molar-refractivity contribution < 1.29 is 23.9 Å². The molecule has 0 aromatic heterocycles. The van der Waals surface area contributed by atoms with Crippen LogP contribution in [-0.2, 0) is 14.3 Å². The summed E-state index contributed by atoms with van der Waals surface area (Å²) in [6, 6.07) is 27.3. The van der Waals surface area contributed by atoms with Gasteiger partial charge in [-0.25, -0.2) is 0 Å². The SMILES string of the molecule is CCOC(=O)CN1C(=O)CCN(C(=O)c2ccc(NC(=O)c3ccccc3-c3ccc(C)cc3C)cc2)c2ccccc21. The van der Waals surface area contributed by atoms with Crippen LogP contribution in [0.4, 0.5) is 17.1 Å². The molecule has 1 aliphatic heterocycles. The molecule has 1 heterocycles. The van der Waals surface area contributed by atoms with Gasteiger partial charge in [-0.1, -0.05) is 54.1 Å². The van der Waals surface area contributed by atoms with Crippen LogP contribution in [0, 0.1) is 13.8 Å². The lowest BCUT2D eigenvalue weighted by molar-refractivity contribution is -0.142. The number of anilines is 3. The molecular weight excluding hydrogens is 542 g/mol. The molecule has 4 aromatic carbocycles. The number of nitrogens with zero attached hydrogens (tertiary/aromatic N) is 2. The Kier molecular flexibility index (Phi) is 8.66. The van der Waals surface area contributed by atoms with Gasteiger partial charge in [0.25, 0.3) is 11.8 Å². The summed E-state index contributed by atoms with van der Waals surface area (Å²) in [5.41, 5.74) is 6.57. The van der Waals surface area contributed by atoms with Crippen molar-refractivity contribution in [2.24, 2.45) is 0 Å². The first-order chi connectivity index (χ1) is 20.8. The molecule has 218 valence electrons. The lowest BCUT2D eigenvalue weighted by Gasteiger charge is -2.25. The van der Waals surface area contributed by atoms with Crippen LogP contribution in [-0.4, -0.2) is 43.4 Å². The summed E-state index contributed by atoms with van der Waals surface area (Å²) in [7, 11) is 0. The molecule has 0 aliphatic carbocycles. The van der Waals surface area contributed by atoms with Crippen molar-refractivity contribution in [3.8, 4) is 11.1 Å². The normalized spacial score (nSPS) is 12.8. The van der Waals surface area contributed by atoms with E-state index in [0.717, 1.165) is 22.3 Å². The van der Waals surface area contributed by atoms with Crippen molar-refractivity contribution in [1.82, 2.24) is 0 Å². The number of hydrogen-bond acceptors (Lipinski definition) is 5. The molecule has 0 radical (unpaired) electrons. The average molecular weight is 576 g/mol. The highest BCUT2D eigenvalue weighted by molar-refractivity contribution is 6.12. The Balaban J connectivity index is 1.35. The number of benzene rings is 4. The number of hydrogen-bond donors (Lipinski definition) is 1. The third-order valence-electron chi connectivity index (χ3n) is 7.38. The highest BCUT2D eigenvalue weighted by Gasteiger charge is 2.31. The van der Waals surface area contributed by atoms with E-state index in [1.165, 1.54) is 4.90 Å². The molecule has 0 fully saturated rings. The molecule has 43 heavy (non-hydrogen) atoms. The Hall–Kier alpha value is -5.24. The minimum Gasteiger partial charge on any atom is -0.465 e. The molecule has 4 aromatic rings. The van der Waals surface area contributed by atoms with E-state index >= 15 is 0 Å². The molecule has 0 atom stereocenters. The standard InChI is InChI=1S/C35H33N3O5/c1-4-43-33(40)22-38-31-12-8-7-11-30(31)37(20-19-32(38)39)35(42)25-14-16-26(17-15-25)36-34(41)29-10-6-5-9-28(29)27-18-13-23(2)21-24(27)3/h5-18,21H,4,19-20,22H2,1-3H3,(H,36,41). The second-order valence-corrected chi connectivity index (χ2v) is 10.4. The predicted molar refractivity (Wildman–Crippen MR) is 167 cm³/mol. The van der Waals surface area contributed by atoms with Crippen LogP contribution in [0.15, 0.2) is 91.0 Å². The average Bonchev–Trinajstić information content (AvgIpc) is 3.13. The van der Waals surface area contributed by atoms with E-state index in [-0.39, 0.29) is 43.8 Å². The summed E-state index contributed by atoms with van der Waals surface area (Å²) >= 11 is 0. The fourth-order valence-electron chi connectivity index (χ4n) is 5.32. The Labute approximate surface area is 250 Å². The first-order valence-electron chi connectivity index (χ1n) is 14.2. The zero-order valence-electron chi connectivity index (χ0n) is 24.4. The fraction of sp³-hybridized carbons (Fsp3) is 0.200. The van der Waals surface area contributed by atoms with Gasteiger partial charge in [0.2, 0.25) is 5.91 Å². The van der Waals surface area contributed by atoms with Crippen molar-refractivity contribution in [2.75, 3.05) is 34.8 Å². The number of nitrogens with one attached hydrogen (secondary N) is 1. The number of esters is 1. The van der Waals surface area contributed by atoms with Crippen molar-refractivity contribution in [3.05, 3.63) is 113 Å². The maximum absolute atomic E-state index is 13.7. The van der Waals surface area contributed by atoms with Crippen LogP contribution in [0.3, 0.4) is 0 Å². The largest absolute Gasteiger partial charge is 0.465 e. The molecule has 1 aliphatic rings. The van der Waals surface area contributed by atoms with Gasteiger partial charge in [0.05, 0.1) is 18.0 Å². The number of fused-ring (bicyclic) bond motifs is 1. The fourth-order valence-corrected chi connectivity index (χ4v) is 5.32. The van der Waals surface area contributed by atoms with E-state index in [4.69, 9.17) is 4.74 Å². The Morgan fingerprint density at radius 1 is 0.837 bits per heavy atom. The van der Waals surface area contributed by atoms with Gasteiger partial charge in [-0.3, -0.25) is 24.1 Å². The zero-order chi connectivity index (χ0) is 30.5. The maximum Gasteiger partial charge on any atom is 0.326 e. The molecule has 8 nitrogen and oxygen atoms in total. The number of rotatable bonds is 7. The number of para-hydroxylation sites is 2. The van der Waals surface area contributed by atoms with E-state index in [1.54, 1.807) is 66.4 Å². The summed E-state index contributed by atoms with van der Waals surface area (Å²) in [5, 5.41) is 2.95. The lowest BCUT2D eigenvalue weighted by atomic mass is 9.94. The monoisotopic (exact) mass is 575 g/mol. The zero-order valence-corrected chi connectivity index (χ0v) is 24.4. The third-order valence-corrected chi connectivity index (χ3v) is 7.38. The number of carbonyl (C=O) groups excluding carboxylic acids is 4. The molecule has 3 amide bonds. The third kappa shape index (κ3) is 6.33. The minimum absolute atomic E-state index is 0.0494. The second-order valence-electron chi connectivity index (χ2n) is 10.4. The quantitative estimate of drug-likeness (QED) is 0.266. The van der Waals surface area contributed by atoms with Gasteiger partial charge in [0.1, 0.15) is 6.54 Å². The van der Waals surface area contributed by atoms with Gasteiger partial charge in [0.15, 0.2) is 0 Å². The van der Waals surface area contributed by atoms with E-state index in [0.29, 0.717) is 28.2 Å². The predicted octanol–water partition coefficient (Wildman–Crippen LogP) is 6.17. The molecule has 8 heteroatoms. The number of carbonyl (C=O) groups is 4. The van der Waals surface area contributed by atoms with Gasteiger partial charge < -0.3 is 15.0 Å². The maximum atomic E-state index is 13.7. The van der Waals surface area contributed by atoms with Crippen LogP contribution >= 0.6 is 0 Å². The van der Waals surface area contributed by atoms with E-state index in [1.807, 2.05) is 44.2 Å². The molecule has 0 saturated carbocycles.